The Hall–Kier alpha value is -0.0800. The molecule has 1 saturated heterocycles. The van der Waals surface area contributed by atoms with Crippen LogP contribution < -0.4 is 5.32 Å². The van der Waals surface area contributed by atoms with Crippen LogP contribution in [0.25, 0.3) is 0 Å². The minimum Gasteiger partial charge on any atom is -0.312 e. The predicted octanol–water partition coefficient (Wildman–Crippen LogP) is 1.57. The molecule has 0 aromatic rings. The van der Waals surface area contributed by atoms with Gasteiger partial charge >= 0.3 is 0 Å². The molecule has 2 atom stereocenters. The summed E-state index contributed by atoms with van der Waals surface area (Å²) < 4.78 is 0. The molecule has 0 saturated carbocycles. The van der Waals surface area contributed by atoms with E-state index in [-0.39, 0.29) is 0 Å². The normalized spacial score (nSPS) is 28.5. The van der Waals surface area contributed by atoms with Crippen LogP contribution in [-0.2, 0) is 0 Å². The summed E-state index contributed by atoms with van der Waals surface area (Å²) in [6.07, 6.45) is 1.35. The van der Waals surface area contributed by atoms with Crippen LogP contribution >= 0.6 is 0 Å². The van der Waals surface area contributed by atoms with Crippen LogP contribution in [0.1, 0.15) is 27.2 Å². The molecule has 0 amide bonds. The second-order valence-corrected chi connectivity index (χ2v) is 3.59. The van der Waals surface area contributed by atoms with Crippen LogP contribution in [-0.4, -0.2) is 38.1 Å². The van der Waals surface area contributed by atoms with Crippen LogP contribution in [0.2, 0.25) is 0 Å². The van der Waals surface area contributed by atoms with Gasteiger partial charge in [0.15, 0.2) is 0 Å². The van der Waals surface area contributed by atoms with Crippen LogP contribution in [0.4, 0.5) is 0 Å². The first-order valence-corrected chi connectivity index (χ1v) is 5.08. The summed E-state index contributed by atoms with van der Waals surface area (Å²) in [7, 11) is 4.26. The fourth-order valence-corrected chi connectivity index (χ4v) is 1.54. The van der Waals surface area contributed by atoms with Gasteiger partial charge in [-0.05, 0) is 33.0 Å². The maximum absolute atomic E-state index is 3.50. The molecule has 1 fully saturated rings. The SMILES string of the molecule is CC.CC1CCNC1CN(C)C. The summed E-state index contributed by atoms with van der Waals surface area (Å²) in [5, 5.41) is 3.50. The minimum atomic E-state index is 0.731. The van der Waals surface area contributed by atoms with Crippen molar-refractivity contribution in [3.05, 3.63) is 0 Å². The Labute approximate surface area is 77.3 Å². The summed E-state index contributed by atoms with van der Waals surface area (Å²) in [6, 6.07) is 0.731. The van der Waals surface area contributed by atoms with E-state index in [9.17, 15) is 0 Å². The quantitative estimate of drug-likeness (QED) is 0.680. The number of likely N-dealkylation sites (N-methyl/N-ethyl adjacent to an activating group) is 1. The Morgan fingerprint density at radius 2 is 1.92 bits per heavy atom. The van der Waals surface area contributed by atoms with Crippen LogP contribution in [0, 0.1) is 5.92 Å². The van der Waals surface area contributed by atoms with Gasteiger partial charge in [0, 0.05) is 12.6 Å². The lowest BCUT2D eigenvalue weighted by molar-refractivity contribution is 0.323. The molecule has 0 spiro atoms. The highest BCUT2D eigenvalue weighted by Crippen LogP contribution is 2.14. The number of hydrogen-bond acceptors (Lipinski definition) is 2. The van der Waals surface area contributed by atoms with E-state index in [0.29, 0.717) is 0 Å². The Balaban J connectivity index is 0.000000561. The maximum Gasteiger partial charge on any atom is 0.0220 e. The van der Waals surface area contributed by atoms with Crippen molar-refractivity contribution in [1.29, 1.82) is 0 Å². The molecule has 74 valence electrons. The van der Waals surface area contributed by atoms with Crippen molar-refractivity contribution in [3.8, 4) is 0 Å². The fraction of sp³-hybridized carbons (Fsp3) is 1.00. The molecule has 0 bridgehead atoms. The Morgan fingerprint density at radius 1 is 1.33 bits per heavy atom. The van der Waals surface area contributed by atoms with E-state index >= 15 is 0 Å². The highest BCUT2D eigenvalue weighted by Gasteiger charge is 2.22. The van der Waals surface area contributed by atoms with E-state index in [0.717, 1.165) is 12.0 Å². The van der Waals surface area contributed by atoms with Gasteiger partial charge in [0.1, 0.15) is 0 Å². The largest absolute Gasteiger partial charge is 0.312 e. The van der Waals surface area contributed by atoms with Gasteiger partial charge in [0.25, 0.3) is 0 Å². The molecule has 0 aromatic carbocycles. The lowest BCUT2D eigenvalue weighted by atomic mass is 10.0. The van der Waals surface area contributed by atoms with Gasteiger partial charge in [-0.3, -0.25) is 0 Å². The Morgan fingerprint density at radius 3 is 2.25 bits per heavy atom. The zero-order chi connectivity index (χ0) is 9.56. The van der Waals surface area contributed by atoms with Gasteiger partial charge in [0.05, 0.1) is 0 Å². The molecule has 1 rings (SSSR count). The number of nitrogens with zero attached hydrogens (tertiary/aromatic N) is 1. The van der Waals surface area contributed by atoms with E-state index in [1.807, 2.05) is 13.8 Å². The van der Waals surface area contributed by atoms with Crippen molar-refractivity contribution in [2.75, 3.05) is 27.2 Å². The van der Waals surface area contributed by atoms with Crippen molar-refractivity contribution in [1.82, 2.24) is 10.2 Å². The summed E-state index contributed by atoms with van der Waals surface area (Å²) in [4.78, 5) is 2.25. The van der Waals surface area contributed by atoms with Gasteiger partial charge in [-0.1, -0.05) is 20.8 Å². The van der Waals surface area contributed by atoms with E-state index in [1.54, 1.807) is 0 Å². The third kappa shape index (κ3) is 4.07. The van der Waals surface area contributed by atoms with Gasteiger partial charge in [-0.15, -0.1) is 0 Å². The number of rotatable bonds is 2. The van der Waals surface area contributed by atoms with Gasteiger partial charge in [-0.2, -0.15) is 0 Å². The molecular formula is C10H24N2. The molecule has 2 heteroatoms. The van der Waals surface area contributed by atoms with Crippen LogP contribution in [0.15, 0.2) is 0 Å². The number of hydrogen-bond donors (Lipinski definition) is 1. The average Bonchev–Trinajstić information content (AvgIpc) is 2.40. The third-order valence-corrected chi connectivity index (χ3v) is 2.25. The Kier molecular flexibility index (Phi) is 6.39. The molecule has 1 heterocycles. The summed E-state index contributed by atoms with van der Waals surface area (Å²) in [6.45, 7) is 8.72. The summed E-state index contributed by atoms with van der Waals surface area (Å²) >= 11 is 0. The molecule has 0 aromatic heterocycles. The molecule has 0 aliphatic carbocycles. The molecule has 2 nitrogen and oxygen atoms in total. The van der Waals surface area contributed by atoms with Crippen molar-refractivity contribution in [2.24, 2.45) is 5.92 Å². The van der Waals surface area contributed by atoms with Gasteiger partial charge in [-0.25, -0.2) is 0 Å². The third-order valence-electron chi connectivity index (χ3n) is 2.25. The van der Waals surface area contributed by atoms with Crippen molar-refractivity contribution in [3.63, 3.8) is 0 Å². The average molecular weight is 172 g/mol. The fourth-order valence-electron chi connectivity index (χ4n) is 1.54. The van der Waals surface area contributed by atoms with E-state index in [4.69, 9.17) is 0 Å². The topological polar surface area (TPSA) is 15.3 Å². The highest BCUT2D eigenvalue weighted by molar-refractivity contribution is 4.82. The monoisotopic (exact) mass is 172 g/mol. The van der Waals surface area contributed by atoms with Gasteiger partial charge < -0.3 is 10.2 Å². The standard InChI is InChI=1S/C8H18N2.C2H6/c1-7-4-5-9-8(7)6-10(2)3;1-2/h7-9H,4-6H2,1-3H3;1-2H3. The Bertz CT molecular complexity index is 102. The molecule has 1 aliphatic heterocycles. The molecule has 2 unspecified atom stereocenters. The van der Waals surface area contributed by atoms with E-state index in [2.05, 4.69) is 31.2 Å². The highest BCUT2D eigenvalue weighted by atomic mass is 15.1. The molecular weight excluding hydrogens is 148 g/mol. The first-order chi connectivity index (χ1) is 5.70. The molecule has 1 N–H and O–H groups in total. The van der Waals surface area contributed by atoms with Crippen molar-refractivity contribution < 1.29 is 0 Å². The lowest BCUT2D eigenvalue weighted by Crippen LogP contribution is -2.36. The lowest BCUT2D eigenvalue weighted by Gasteiger charge is -2.19. The summed E-state index contributed by atoms with van der Waals surface area (Å²) in [5.74, 6) is 0.863. The van der Waals surface area contributed by atoms with Crippen molar-refractivity contribution >= 4 is 0 Å². The first-order valence-electron chi connectivity index (χ1n) is 5.08. The zero-order valence-electron chi connectivity index (χ0n) is 9.22. The van der Waals surface area contributed by atoms with Crippen LogP contribution in [0.3, 0.4) is 0 Å². The zero-order valence-corrected chi connectivity index (χ0v) is 9.22. The summed E-state index contributed by atoms with van der Waals surface area (Å²) in [5.41, 5.74) is 0. The second-order valence-electron chi connectivity index (χ2n) is 3.59. The number of nitrogens with one attached hydrogen (secondary N) is 1. The predicted molar refractivity (Wildman–Crippen MR) is 55.5 cm³/mol. The maximum atomic E-state index is 3.50. The van der Waals surface area contributed by atoms with Crippen LogP contribution in [0.5, 0.6) is 0 Å². The molecule has 1 aliphatic rings. The van der Waals surface area contributed by atoms with E-state index < -0.39 is 0 Å². The second kappa shape index (κ2) is 6.44. The van der Waals surface area contributed by atoms with Gasteiger partial charge in [0.2, 0.25) is 0 Å². The smallest absolute Gasteiger partial charge is 0.0220 e. The molecule has 12 heavy (non-hydrogen) atoms. The minimum absolute atomic E-state index is 0.731. The van der Waals surface area contributed by atoms with Crippen molar-refractivity contribution in [2.45, 2.75) is 33.2 Å². The first kappa shape index (κ1) is 11.9. The van der Waals surface area contributed by atoms with E-state index in [1.165, 1.54) is 19.5 Å². The molecule has 0 radical (unpaired) electrons.